The molecule has 3 atom stereocenters. The summed E-state index contributed by atoms with van der Waals surface area (Å²) in [7, 11) is 0. The summed E-state index contributed by atoms with van der Waals surface area (Å²) in [6.07, 6.45) is 5.38. The van der Waals surface area contributed by atoms with Crippen molar-refractivity contribution in [2.24, 2.45) is 11.8 Å². The summed E-state index contributed by atoms with van der Waals surface area (Å²) in [5, 5.41) is 2.72. The van der Waals surface area contributed by atoms with E-state index in [0.717, 1.165) is 6.42 Å². The second kappa shape index (κ2) is 5.93. The Labute approximate surface area is 115 Å². The monoisotopic (exact) mass is 266 g/mol. The average molecular weight is 266 g/mol. The van der Waals surface area contributed by atoms with E-state index in [1.165, 1.54) is 19.3 Å². The Morgan fingerprint density at radius 1 is 1.26 bits per heavy atom. The molecule has 0 aromatic heterocycles. The molecule has 0 spiro atoms. The van der Waals surface area contributed by atoms with E-state index >= 15 is 0 Å². The number of nitrogens with one attached hydrogen (secondary N) is 1. The minimum Gasteiger partial charge on any atom is -0.345 e. The zero-order valence-electron chi connectivity index (χ0n) is 12.3. The molecular weight excluding hydrogens is 240 g/mol. The number of hydrogen-bond acceptors (Lipinski definition) is 2. The quantitative estimate of drug-likeness (QED) is 0.848. The van der Waals surface area contributed by atoms with Crippen LogP contribution in [0.1, 0.15) is 52.9 Å². The summed E-state index contributed by atoms with van der Waals surface area (Å²) in [6.45, 7) is 6.64. The highest BCUT2D eigenvalue weighted by Crippen LogP contribution is 2.35. The maximum absolute atomic E-state index is 12.3. The van der Waals surface area contributed by atoms with E-state index < -0.39 is 0 Å². The molecule has 2 amide bonds. The molecule has 2 aliphatic rings. The van der Waals surface area contributed by atoms with Crippen LogP contribution >= 0.6 is 0 Å². The van der Waals surface area contributed by atoms with Crippen molar-refractivity contribution in [2.45, 2.75) is 65.0 Å². The fraction of sp³-hybridized carbons (Fsp3) is 0.867. The van der Waals surface area contributed by atoms with Gasteiger partial charge in [0.25, 0.3) is 0 Å². The van der Waals surface area contributed by atoms with Crippen molar-refractivity contribution in [1.29, 1.82) is 0 Å². The Kier molecular flexibility index (Phi) is 4.48. The van der Waals surface area contributed by atoms with E-state index in [0.29, 0.717) is 18.3 Å². The number of nitrogens with zero attached hydrogens (tertiary/aromatic N) is 1. The number of amides is 2. The molecule has 1 heterocycles. The minimum absolute atomic E-state index is 0.0233. The third kappa shape index (κ3) is 2.77. The van der Waals surface area contributed by atoms with Crippen LogP contribution in [-0.2, 0) is 9.59 Å². The van der Waals surface area contributed by atoms with Crippen LogP contribution in [0, 0.1) is 11.8 Å². The molecule has 3 unspecified atom stereocenters. The average Bonchev–Trinajstić information content (AvgIpc) is 2.41. The first-order chi connectivity index (χ1) is 9.06. The zero-order chi connectivity index (χ0) is 14.0. The smallest absolute Gasteiger partial charge is 0.243 e. The van der Waals surface area contributed by atoms with Gasteiger partial charge in [-0.3, -0.25) is 9.59 Å². The lowest BCUT2D eigenvalue weighted by Crippen LogP contribution is -2.63. The number of carbonyl (C=O) groups excluding carboxylic acids is 2. The summed E-state index contributed by atoms with van der Waals surface area (Å²) in [5.41, 5.74) is 0. The Morgan fingerprint density at radius 3 is 2.58 bits per heavy atom. The second-order valence-corrected chi connectivity index (χ2v) is 6.20. The maximum Gasteiger partial charge on any atom is 0.243 e. The highest BCUT2D eigenvalue weighted by atomic mass is 16.2. The van der Waals surface area contributed by atoms with Gasteiger partial charge in [-0.15, -0.1) is 0 Å². The maximum atomic E-state index is 12.3. The van der Waals surface area contributed by atoms with Crippen molar-refractivity contribution in [2.75, 3.05) is 6.54 Å². The van der Waals surface area contributed by atoms with Crippen molar-refractivity contribution in [1.82, 2.24) is 10.2 Å². The first-order valence-electron chi connectivity index (χ1n) is 7.65. The van der Waals surface area contributed by atoms with Gasteiger partial charge in [0.2, 0.25) is 11.8 Å². The van der Waals surface area contributed by atoms with Crippen LogP contribution in [-0.4, -0.2) is 35.3 Å². The first-order valence-corrected chi connectivity index (χ1v) is 7.65. The van der Waals surface area contributed by atoms with Gasteiger partial charge >= 0.3 is 0 Å². The molecule has 1 saturated carbocycles. The van der Waals surface area contributed by atoms with Gasteiger partial charge in [-0.25, -0.2) is 0 Å². The fourth-order valence-electron chi connectivity index (χ4n) is 3.73. The molecule has 0 bridgehead atoms. The van der Waals surface area contributed by atoms with E-state index in [-0.39, 0.29) is 30.4 Å². The standard InChI is InChI=1S/C15H26N2O2/c1-4-12-15(19)16-9-14(18)17(12)13-8-6-5-7-11(13)10(2)3/h10-13H,4-9H2,1-3H3,(H,16,19). The van der Waals surface area contributed by atoms with Gasteiger partial charge in [-0.2, -0.15) is 0 Å². The summed E-state index contributed by atoms with van der Waals surface area (Å²) >= 11 is 0. The molecule has 1 saturated heterocycles. The number of carbonyl (C=O) groups is 2. The highest BCUT2D eigenvalue weighted by Gasteiger charge is 2.42. The van der Waals surface area contributed by atoms with Gasteiger partial charge in [-0.05, 0) is 31.1 Å². The molecule has 4 heteroatoms. The minimum atomic E-state index is -0.259. The highest BCUT2D eigenvalue weighted by molar-refractivity contribution is 5.95. The molecule has 0 radical (unpaired) electrons. The lowest BCUT2D eigenvalue weighted by Gasteiger charge is -2.46. The number of piperazine rings is 1. The molecule has 1 N–H and O–H groups in total. The Hall–Kier alpha value is -1.06. The van der Waals surface area contributed by atoms with Crippen molar-refractivity contribution in [3.8, 4) is 0 Å². The normalized spacial score (nSPS) is 32.6. The van der Waals surface area contributed by atoms with Gasteiger partial charge in [0.05, 0.1) is 6.54 Å². The molecule has 4 nitrogen and oxygen atoms in total. The third-order valence-electron chi connectivity index (χ3n) is 4.72. The summed E-state index contributed by atoms with van der Waals surface area (Å²) in [5.74, 6) is 1.23. The lowest BCUT2D eigenvalue weighted by molar-refractivity contribution is -0.151. The van der Waals surface area contributed by atoms with Crippen LogP contribution < -0.4 is 5.32 Å². The molecule has 1 aliphatic heterocycles. The second-order valence-electron chi connectivity index (χ2n) is 6.20. The molecule has 108 valence electrons. The number of hydrogen-bond donors (Lipinski definition) is 1. The van der Waals surface area contributed by atoms with E-state index in [2.05, 4.69) is 19.2 Å². The van der Waals surface area contributed by atoms with Crippen molar-refractivity contribution in [3.63, 3.8) is 0 Å². The summed E-state index contributed by atoms with van der Waals surface area (Å²) in [6, 6.07) is 0.00264. The van der Waals surface area contributed by atoms with Crippen LogP contribution in [0.3, 0.4) is 0 Å². The van der Waals surface area contributed by atoms with Crippen molar-refractivity contribution < 1.29 is 9.59 Å². The van der Waals surface area contributed by atoms with Gasteiger partial charge in [0.15, 0.2) is 0 Å². The van der Waals surface area contributed by atoms with Gasteiger partial charge in [0, 0.05) is 6.04 Å². The molecule has 2 rings (SSSR count). The van der Waals surface area contributed by atoms with E-state index in [1.54, 1.807) is 0 Å². The van der Waals surface area contributed by atoms with Crippen molar-refractivity contribution in [3.05, 3.63) is 0 Å². The van der Waals surface area contributed by atoms with Crippen LogP contribution in [0.15, 0.2) is 0 Å². The van der Waals surface area contributed by atoms with E-state index in [4.69, 9.17) is 0 Å². The summed E-state index contributed by atoms with van der Waals surface area (Å²) in [4.78, 5) is 26.2. The lowest BCUT2D eigenvalue weighted by atomic mass is 9.76. The molecule has 1 aliphatic carbocycles. The van der Waals surface area contributed by atoms with Crippen LogP contribution in [0.4, 0.5) is 0 Å². The fourth-order valence-corrected chi connectivity index (χ4v) is 3.73. The zero-order valence-corrected chi connectivity index (χ0v) is 12.3. The van der Waals surface area contributed by atoms with Crippen LogP contribution in [0.25, 0.3) is 0 Å². The predicted octanol–water partition coefficient (Wildman–Crippen LogP) is 1.94. The topological polar surface area (TPSA) is 49.4 Å². The molecule has 0 aromatic carbocycles. The Bertz CT molecular complexity index is 354. The van der Waals surface area contributed by atoms with E-state index in [1.807, 2.05) is 11.8 Å². The first kappa shape index (κ1) is 14.4. The predicted molar refractivity (Wildman–Crippen MR) is 74.5 cm³/mol. The number of rotatable bonds is 3. The van der Waals surface area contributed by atoms with Crippen LogP contribution in [0.5, 0.6) is 0 Å². The van der Waals surface area contributed by atoms with Gasteiger partial charge in [-0.1, -0.05) is 33.6 Å². The Balaban J connectivity index is 2.24. The molecule has 2 fully saturated rings. The molecule has 19 heavy (non-hydrogen) atoms. The third-order valence-corrected chi connectivity index (χ3v) is 4.72. The molecule has 0 aromatic rings. The molecular formula is C15H26N2O2. The van der Waals surface area contributed by atoms with E-state index in [9.17, 15) is 9.59 Å². The van der Waals surface area contributed by atoms with Gasteiger partial charge < -0.3 is 10.2 Å². The van der Waals surface area contributed by atoms with Crippen LogP contribution in [0.2, 0.25) is 0 Å². The van der Waals surface area contributed by atoms with Crippen molar-refractivity contribution >= 4 is 11.8 Å². The SMILES string of the molecule is CCC1C(=O)NCC(=O)N1C1CCCCC1C(C)C. The summed E-state index contributed by atoms with van der Waals surface area (Å²) < 4.78 is 0. The Morgan fingerprint density at radius 2 is 1.95 bits per heavy atom. The van der Waals surface area contributed by atoms with Gasteiger partial charge in [0.1, 0.15) is 6.04 Å². The largest absolute Gasteiger partial charge is 0.345 e.